The molecule has 22 heavy (non-hydrogen) atoms. The van der Waals surface area contributed by atoms with Gasteiger partial charge in [-0.15, -0.1) is 0 Å². The first-order valence-corrected chi connectivity index (χ1v) is 7.47. The van der Waals surface area contributed by atoms with E-state index in [4.69, 9.17) is 4.74 Å². The summed E-state index contributed by atoms with van der Waals surface area (Å²) >= 11 is 0. The van der Waals surface area contributed by atoms with Gasteiger partial charge in [0.25, 0.3) is 0 Å². The maximum Gasteiger partial charge on any atom is 0.338 e. The van der Waals surface area contributed by atoms with Gasteiger partial charge in [0, 0.05) is 37.0 Å². The van der Waals surface area contributed by atoms with Gasteiger partial charge in [-0.25, -0.2) is 4.79 Å². The van der Waals surface area contributed by atoms with Crippen LogP contribution in [-0.4, -0.2) is 41.5 Å². The zero-order valence-electron chi connectivity index (χ0n) is 12.5. The lowest BCUT2D eigenvalue weighted by Crippen LogP contribution is -2.25. The lowest BCUT2D eigenvalue weighted by atomic mass is 10.1. The standard InChI is InChI=1S/C17H18N2O3/c1-2-19-10-12(9-16(19)20)11-22-17(21)14-5-3-7-15-13(14)6-4-8-18-15/h3-8,12H,2,9-11H2,1H3/t12-/m0/s1. The summed E-state index contributed by atoms with van der Waals surface area (Å²) in [7, 11) is 0. The van der Waals surface area contributed by atoms with Crippen LogP contribution in [-0.2, 0) is 9.53 Å². The Labute approximate surface area is 128 Å². The second kappa shape index (κ2) is 6.13. The summed E-state index contributed by atoms with van der Waals surface area (Å²) in [5.74, 6) is -0.136. The van der Waals surface area contributed by atoms with Gasteiger partial charge in [-0.3, -0.25) is 9.78 Å². The summed E-state index contributed by atoms with van der Waals surface area (Å²) in [4.78, 5) is 30.0. The second-order valence-corrected chi connectivity index (χ2v) is 5.48. The minimum atomic E-state index is -0.360. The molecule has 0 N–H and O–H groups in total. The molecule has 0 unspecified atom stereocenters. The fraction of sp³-hybridized carbons (Fsp3) is 0.353. The van der Waals surface area contributed by atoms with Crippen molar-refractivity contribution in [2.24, 2.45) is 5.92 Å². The van der Waals surface area contributed by atoms with E-state index in [9.17, 15) is 9.59 Å². The third-order valence-corrected chi connectivity index (χ3v) is 3.99. The first-order chi connectivity index (χ1) is 10.7. The van der Waals surface area contributed by atoms with Gasteiger partial charge in [0.05, 0.1) is 17.7 Å². The largest absolute Gasteiger partial charge is 0.462 e. The minimum absolute atomic E-state index is 0.0875. The number of aromatic nitrogens is 1. The third-order valence-electron chi connectivity index (χ3n) is 3.99. The number of benzene rings is 1. The van der Waals surface area contributed by atoms with Crippen molar-refractivity contribution in [2.45, 2.75) is 13.3 Å². The number of hydrogen-bond donors (Lipinski definition) is 0. The van der Waals surface area contributed by atoms with Crippen molar-refractivity contribution in [1.82, 2.24) is 9.88 Å². The number of amides is 1. The molecule has 1 aromatic carbocycles. The summed E-state index contributed by atoms with van der Waals surface area (Å²) in [5, 5.41) is 0.785. The van der Waals surface area contributed by atoms with E-state index in [1.807, 2.05) is 19.1 Å². The predicted molar refractivity (Wildman–Crippen MR) is 82.4 cm³/mol. The van der Waals surface area contributed by atoms with Gasteiger partial charge >= 0.3 is 5.97 Å². The zero-order valence-corrected chi connectivity index (χ0v) is 12.5. The van der Waals surface area contributed by atoms with Crippen molar-refractivity contribution in [3.05, 3.63) is 42.1 Å². The fourth-order valence-electron chi connectivity index (χ4n) is 2.82. The van der Waals surface area contributed by atoms with Crippen molar-refractivity contribution < 1.29 is 14.3 Å². The Balaban J connectivity index is 1.68. The van der Waals surface area contributed by atoms with Crippen LogP contribution in [0.4, 0.5) is 0 Å². The topological polar surface area (TPSA) is 59.5 Å². The number of rotatable bonds is 4. The minimum Gasteiger partial charge on any atom is -0.462 e. The normalized spacial score (nSPS) is 18.0. The molecule has 0 bridgehead atoms. The molecule has 1 amide bonds. The van der Waals surface area contributed by atoms with E-state index in [1.165, 1.54) is 0 Å². The van der Waals surface area contributed by atoms with Crippen molar-refractivity contribution in [3.63, 3.8) is 0 Å². The number of nitrogens with zero attached hydrogens (tertiary/aromatic N) is 2. The van der Waals surface area contributed by atoms with Crippen LogP contribution in [0.2, 0.25) is 0 Å². The Morgan fingerprint density at radius 1 is 1.36 bits per heavy atom. The quantitative estimate of drug-likeness (QED) is 0.812. The molecule has 1 aliphatic heterocycles. The Bertz CT molecular complexity index is 709. The van der Waals surface area contributed by atoms with Crippen LogP contribution in [0.1, 0.15) is 23.7 Å². The van der Waals surface area contributed by atoms with E-state index < -0.39 is 0 Å². The average Bonchev–Trinajstić information content (AvgIpc) is 2.92. The van der Waals surface area contributed by atoms with Crippen LogP contribution >= 0.6 is 0 Å². The van der Waals surface area contributed by atoms with E-state index >= 15 is 0 Å². The first kappa shape index (κ1) is 14.5. The third kappa shape index (κ3) is 2.79. The number of pyridine rings is 1. The summed E-state index contributed by atoms with van der Waals surface area (Å²) in [6.07, 6.45) is 2.15. The molecule has 1 atom stereocenters. The van der Waals surface area contributed by atoms with Gasteiger partial charge in [-0.1, -0.05) is 12.1 Å². The Morgan fingerprint density at radius 3 is 3.00 bits per heavy atom. The van der Waals surface area contributed by atoms with Crippen LogP contribution in [0.5, 0.6) is 0 Å². The number of fused-ring (bicyclic) bond motifs is 1. The van der Waals surface area contributed by atoms with Gasteiger partial charge in [0.15, 0.2) is 0 Å². The highest BCUT2D eigenvalue weighted by Crippen LogP contribution is 2.20. The van der Waals surface area contributed by atoms with E-state index in [0.717, 1.165) is 10.9 Å². The molecule has 1 aromatic heterocycles. The maximum absolute atomic E-state index is 12.3. The Kier molecular flexibility index (Phi) is 4.04. The molecule has 5 nitrogen and oxygen atoms in total. The van der Waals surface area contributed by atoms with Crippen LogP contribution in [0.3, 0.4) is 0 Å². The first-order valence-electron chi connectivity index (χ1n) is 7.47. The summed E-state index contributed by atoms with van der Waals surface area (Å²) in [5.41, 5.74) is 1.28. The number of carbonyl (C=O) groups is 2. The zero-order chi connectivity index (χ0) is 15.5. The van der Waals surface area contributed by atoms with Crippen molar-refractivity contribution in [3.8, 4) is 0 Å². The summed E-state index contributed by atoms with van der Waals surface area (Å²) < 4.78 is 5.42. The Morgan fingerprint density at radius 2 is 2.23 bits per heavy atom. The van der Waals surface area contributed by atoms with Gasteiger partial charge in [0.2, 0.25) is 5.91 Å². The molecular weight excluding hydrogens is 280 g/mol. The molecule has 0 spiro atoms. The molecule has 2 heterocycles. The van der Waals surface area contributed by atoms with Gasteiger partial charge in [0.1, 0.15) is 0 Å². The highest BCUT2D eigenvalue weighted by molar-refractivity contribution is 6.03. The van der Waals surface area contributed by atoms with E-state index in [0.29, 0.717) is 25.1 Å². The number of esters is 1. The van der Waals surface area contributed by atoms with Crippen LogP contribution in [0.15, 0.2) is 36.5 Å². The van der Waals surface area contributed by atoms with E-state index in [-0.39, 0.29) is 24.4 Å². The van der Waals surface area contributed by atoms with Crippen molar-refractivity contribution >= 4 is 22.8 Å². The average molecular weight is 298 g/mol. The second-order valence-electron chi connectivity index (χ2n) is 5.48. The number of hydrogen-bond acceptors (Lipinski definition) is 4. The number of ether oxygens (including phenoxy) is 1. The number of likely N-dealkylation sites (tertiary alicyclic amines) is 1. The molecule has 1 saturated heterocycles. The van der Waals surface area contributed by atoms with Crippen LogP contribution in [0, 0.1) is 5.92 Å². The Hall–Kier alpha value is -2.43. The maximum atomic E-state index is 12.3. The SMILES string of the molecule is CCN1C[C@@H](COC(=O)c2cccc3ncccc23)CC1=O. The van der Waals surface area contributed by atoms with Gasteiger partial charge in [-0.05, 0) is 25.1 Å². The molecule has 0 radical (unpaired) electrons. The molecule has 1 fully saturated rings. The lowest BCUT2D eigenvalue weighted by Gasteiger charge is -2.14. The summed E-state index contributed by atoms with van der Waals surface area (Å²) in [6.45, 7) is 3.60. The van der Waals surface area contributed by atoms with Crippen molar-refractivity contribution in [1.29, 1.82) is 0 Å². The smallest absolute Gasteiger partial charge is 0.338 e. The number of carbonyl (C=O) groups excluding carboxylic acids is 2. The predicted octanol–water partition coefficient (Wildman–Crippen LogP) is 2.26. The van der Waals surface area contributed by atoms with Gasteiger partial charge in [-0.2, -0.15) is 0 Å². The molecule has 5 heteroatoms. The highest BCUT2D eigenvalue weighted by atomic mass is 16.5. The van der Waals surface area contributed by atoms with Gasteiger partial charge < -0.3 is 9.64 Å². The molecule has 114 valence electrons. The molecule has 2 aromatic rings. The molecular formula is C17H18N2O3. The molecule has 3 rings (SSSR count). The fourth-order valence-corrected chi connectivity index (χ4v) is 2.82. The molecule has 1 aliphatic rings. The van der Waals surface area contributed by atoms with Crippen LogP contribution in [0.25, 0.3) is 10.9 Å². The molecule has 0 aliphatic carbocycles. The lowest BCUT2D eigenvalue weighted by molar-refractivity contribution is -0.127. The van der Waals surface area contributed by atoms with E-state index in [2.05, 4.69) is 4.98 Å². The van der Waals surface area contributed by atoms with E-state index in [1.54, 1.807) is 29.3 Å². The van der Waals surface area contributed by atoms with Crippen LogP contribution < -0.4 is 0 Å². The summed E-state index contributed by atoms with van der Waals surface area (Å²) in [6, 6.07) is 9.06. The highest BCUT2D eigenvalue weighted by Gasteiger charge is 2.29. The molecule has 0 saturated carbocycles. The van der Waals surface area contributed by atoms with Crippen molar-refractivity contribution in [2.75, 3.05) is 19.7 Å². The monoisotopic (exact) mass is 298 g/mol.